The molecule has 1 unspecified atom stereocenters. The molecule has 2 aliphatic rings. The van der Waals surface area contributed by atoms with Crippen LogP contribution in [0.3, 0.4) is 0 Å². The minimum atomic E-state index is -3.65. The average molecular weight is 464 g/mol. The lowest BCUT2D eigenvalue weighted by Crippen LogP contribution is -2.52. The number of piperazine rings is 1. The van der Waals surface area contributed by atoms with E-state index in [9.17, 15) is 13.2 Å². The van der Waals surface area contributed by atoms with Gasteiger partial charge in [0.2, 0.25) is 15.9 Å². The molecule has 32 heavy (non-hydrogen) atoms. The monoisotopic (exact) mass is 463 g/mol. The lowest BCUT2D eigenvalue weighted by Gasteiger charge is -2.38. The predicted octanol–water partition coefficient (Wildman–Crippen LogP) is 0.516. The van der Waals surface area contributed by atoms with E-state index in [2.05, 4.69) is 15.1 Å². The van der Waals surface area contributed by atoms with Crippen molar-refractivity contribution in [1.29, 1.82) is 0 Å². The number of hydrogen-bond donors (Lipinski definition) is 0. The normalized spacial score (nSPS) is 21.2. The lowest BCUT2D eigenvalue weighted by molar-refractivity contribution is -0.138. The molecule has 2 aromatic rings. The number of amides is 1. The molecule has 176 valence electrons. The Morgan fingerprint density at radius 1 is 1.12 bits per heavy atom. The summed E-state index contributed by atoms with van der Waals surface area (Å²) in [7, 11) is 0.00391. The smallest absolute Gasteiger partial charge is 0.246 e. The van der Waals surface area contributed by atoms with Gasteiger partial charge in [-0.2, -0.15) is 14.5 Å². The van der Waals surface area contributed by atoms with Gasteiger partial charge in [-0.25, -0.2) is 8.42 Å². The van der Waals surface area contributed by atoms with Crippen LogP contribution in [0.25, 0.3) is 0 Å². The van der Waals surface area contributed by atoms with Crippen molar-refractivity contribution in [3.63, 3.8) is 0 Å². The molecule has 0 radical (unpaired) electrons. The lowest BCUT2D eigenvalue weighted by atomic mass is 9.97. The molecule has 0 N–H and O–H groups in total. The molecule has 2 saturated heterocycles. The fraction of sp³-hybridized carbons (Fsp3) is 0.667. The largest absolute Gasteiger partial charge is 0.340 e. The second-order valence-electron chi connectivity index (χ2n) is 8.93. The van der Waals surface area contributed by atoms with E-state index in [0.29, 0.717) is 31.7 Å². The summed E-state index contributed by atoms with van der Waals surface area (Å²) in [6.07, 6.45) is 4.87. The van der Waals surface area contributed by atoms with E-state index < -0.39 is 10.0 Å². The van der Waals surface area contributed by atoms with Crippen LogP contribution in [0.15, 0.2) is 17.3 Å². The molecule has 0 aliphatic carbocycles. The molecule has 0 aromatic carbocycles. The molecule has 1 amide bonds. The molecule has 4 rings (SSSR count). The zero-order valence-electron chi connectivity index (χ0n) is 19.4. The SMILES string of the molecule is Cc1nn(C)cc1CN1CCN(C(=O)C2CCCN(S(=O)(=O)c3cnn(C)c3C)C2)CC1. The highest BCUT2D eigenvalue weighted by molar-refractivity contribution is 7.89. The van der Waals surface area contributed by atoms with E-state index in [1.807, 2.05) is 29.7 Å². The van der Waals surface area contributed by atoms with Gasteiger partial charge < -0.3 is 4.90 Å². The summed E-state index contributed by atoms with van der Waals surface area (Å²) in [5, 5.41) is 8.48. The van der Waals surface area contributed by atoms with Gasteiger partial charge in [0.05, 0.1) is 23.5 Å². The van der Waals surface area contributed by atoms with E-state index in [-0.39, 0.29) is 23.3 Å². The second-order valence-corrected chi connectivity index (χ2v) is 10.8. The summed E-state index contributed by atoms with van der Waals surface area (Å²) in [5.74, 6) is -0.215. The van der Waals surface area contributed by atoms with Crippen LogP contribution in [-0.2, 0) is 35.5 Å². The predicted molar refractivity (Wildman–Crippen MR) is 119 cm³/mol. The van der Waals surface area contributed by atoms with Crippen LogP contribution in [0.2, 0.25) is 0 Å². The Bertz CT molecular complexity index is 1080. The number of carbonyl (C=O) groups excluding carboxylic acids is 1. The number of carbonyl (C=O) groups is 1. The zero-order chi connectivity index (χ0) is 23.0. The van der Waals surface area contributed by atoms with Crippen molar-refractivity contribution in [2.75, 3.05) is 39.3 Å². The average Bonchev–Trinajstić information content (AvgIpc) is 3.28. The Balaban J connectivity index is 1.36. The van der Waals surface area contributed by atoms with E-state index in [1.165, 1.54) is 16.1 Å². The first kappa shape index (κ1) is 22.9. The van der Waals surface area contributed by atoms with Crippen LogP contribution in [0, 0.1) is 19.8 Å². The van der Waals surface area contributed by atoms with Crippen LogP contribution < -0.4 is 0 Å². The van der Waals surface area contributed by atoms with Gasteiger partial charge in [0, 0.05) is 71.7 Å². The maximum Gasteiger partial charge on any atom is 0.246 e. The van der Waals surface area contributed by atoms with Gasteiger partial charge in [0.1, 0.15) is 4.90 Å². The molecule has 1 atom stereocenters. The van der Waals surface area contributed by atoms with Gasteiger partial charge in [-0.15, -0.1) is 0 Å². The highest BCUT2D eigenvalue weighted by atomic mass is 32.2. The van der Waals surface area contributed by atoms with Crippen molar-refractivity contribution in [2.45, 2.75) is 38.1 Å². The highest BCUT2D eigenvalue weighted by Gasteiger charge is 2.37. The molecular weight excluding hydrogens is 430 g/mol. The summed E-state index contributed by atoms with van der Waals surface area (Å²) in [6, 6.07) is 0. The number of sulfonamides is 1. The third-order valence-electron chi connectivity index (χ3n) is 6.73. The van der Waals surface area contributed by atoms with Crippen LogP contribution >= 0.6 is 0 Å². The van der Waals surface area contributed by atoms with E-state index in [0.717, 1.165) is 31.7 Å². The fourth-order valence-electron chi connectivity index (χ4n) is 4.66. The van der Waals surface area contributed by atoms with Gasteiger partial charge >= 0.3 is 0 Å². The third kappa shape index (κ3) is 4.46. The molecule has 0 spiro atoms. The number of nitrogens with zero attached hydrogens (tertiary/aromatic N) is 7. The van der Waals surface area contributed by atoms with Gasteiger partial charge in [-0.3, -0.25) is 19.1 Å². The molecule has 2 fully saturated rings. The third-order valence-corrected chi connectivity index (χ3v) is 8.70. The Morgan fingerprint density at radius 3 is 2.44 bits per heavy atom. The molecule has 4 heterocycles. The minimum Gasteiger partial charge on any atom is -0.340 e. The molecular formula is C21H33N7O3S. The quantitative estimate of drug-likeness (QED) is 0.641. The Morgan fingerprint density at radius 2 is 1.84 bits per heavy atom. The Hall–Kier alpha value is -2.24. The van der Waals surface area contributed by atoms with Crippen LogP contribution in [-0.4, -0.2) is 87.3 Å². The standard InChI is InChI=1S/C21H33N7O3S/c1-16-19(13-24(3)23-16)14-26-8-10-27(11-9-26)21(29)18-6-5-7-28(15-18)32(30,31)20-12-22-25(4)17(20)2/h12-13,18H,5-11,14-15H2,1-4H3. The summed E-state index contributed by atoms with van der Waals surface area (Å²) < 4.78 is 31.1. The van der Waals surface area contributed by atoms with Crippen molar-refractivity contribution in [2.24, 2.45) is 20.0 Å². The van der Waals surface area contributed by atoms with Gasteiger partial charge in [-0.05, 0) is 26.7 Å². The highest BCUT2D eigenvalue weighted by Crippen LogP contribution is 2.27. The first-order valence-corrected chi connectivity index (χ1v) is 12.6. The van der Waals surface area contributed by atoms with Gasteiger partial charge in [0.15, 0.2) is 0 Å². The maximum atomic E-state index is 13.2. The molecule has 2 aliphatic heterocycles. The van der Waals surface area contributed by atoms with Gasteiger partial charge in [-0.1, -0.05) is 0 Å². The number of aromatic nitrogens is 4. The second kappa shape index (κ2) is 8.95. The van der Waals surface area contributed by atoms with Crippen molar-refractivity contribution in [1.82, 2.24) is 33.7 Å². The van der Waals surface area contributed by atoms with Crippen molar-refractivity contribution >= 4 is 15.9 Å². The van der Waals surface area contributed by atoms with Crippen molar-refractivity contribution in [3.05, 3.63) is 29.3 Å². The fourth-order valence-corrected chi connectivity index (χ4v) is 6.37. The molecule has 11 heteroatoms. The molecule has 2 aromatic heterocycles. The zero-order valence-corrected chi connectivity index (χ0v) is 20.2. The number of aryl methyl sites for hydroxylation is 3. The molecule has 10 nitrogen and oxygen atoms in total. The van der Waals surface area contributed by atoms with Crippen molar-refractivity contribution in [3.8, 4) is 0 Å². The maximum absolute atomic E-state index is 13.2. The van der Waals surface area contributed by atoms with E-state index in [4.69, 9.17) is 0 Å². The van der Waals surface area contributed by atoms with Crippen LogP contribution in [0.4, 0.5) is 0 Å². The minimum absolute atomic E-state index is 0.0741. The summed E-state index contributed by atoms with van der Waals surface area (Å²) >= 11 is 0. The van der Waals surface area contributed by atoms with Crippen LogP contribution in [0.5, 0.6) is 0 Å². The first-order chi connectivity index (χ1) is 15.2. The first-order valence-electron chi connectivity index (χ1n) is 11.2. The summed E-state index contributed by atoms with van der Waals surface area (Å²) in [4.78, 5) is 17.7. The molecule has 0 bridgehead atoms. The van der Waals surface area contributed by atoms with Crippen molar-refractivity contribution < 1.29 is 13.2 Å². The summed E-state index contributed by atoms with van der Waals surface area (Å²) in [6.45, 7) is 8.24. The molecule has 0 saturated carbocycles. The van der Waals surface area contributed by atoms with E-state index in [1.54, 1.807) is 18.7 Å². The number of rotatable bonds is 5. The van der Waals surface area contributed by atoms with Gasteiger partial charge in [0.25, 0.3) is 0 Å². The summed E-state index contributed by atoms with van der Waals surface area (Å²) in [5.41, 5.74) is 2.86. The van der Waals surface area contributed by atoms with Crippen LogP contribution in [0.1, 0.15) is 29.8 Å². The number of piperidine rings is 1. The van der Waals surface area contributed by atoms with E-state index >= 15 is 0 Å². The Kier molecular flexibility index (Phi) is 6.42. The Labute approximate surface area is 189 Å². The number of hydrogen-bond acceptors (Lipinski definition) is 6. The topological polar surface area (TPSA) is 96.6 Å².